The molecule has 0 saturated carbocycles. The van der Waals surface area contributed by atoms with Crippen LogP contribution in [0.5, 0.6) is 0 Å². The third-order valence-electron chi connectivity index (χ3n) is 2.78. The number of hydrogen-bond acceptors (Lipinski definition) is 2. The second kappa shape index (κ2) is 5.72. The summed E-state index contributed by atoms with van der Waals surface area (Å²) < 4.78 is 13.7. The molecule has 0 atom stereocenters. The number of carbonyl (C=O) groups is 1. The Bertz CT molecular complexity index is 722. The van der Waals surface area contributed by atoms with Crippen molar-refractivity contribution in [1.29, 1.82) is 5.26 Å². The molecule has 0 unspecified atom stereocenters. The van der Waals surface area contributed by atoms with E-state index in [0.29, 0.717) is 16.1 Å². The minimum atomic E-state index is -0.649. The Morgan fingerprint density at radius 1 is 1.30 bits per heavy atom. The summed E-state index contributed by atoms with van der Waals surface area (Å²) in [4.78, 5) is 12.1. The fourth-order valence-electron chi connectivity index (χ4n) is 1.76. The number of nitrogens with zero attached hydrogens (tertiary/aromatic N) is 1. The van der Waals surface area contributed by atoms with Crippen LogP contribution < -0.4 is 5.32 Å². The summed E-state index contributed by atoms with van der Waals surface area (Å²) in [5, 5.41) is 11.7. The van der Waals surface area contributed by atoms with E-state index in [4.69, 9.17) is 16.9 Å². The maximum absolute atomic E-state index is 13.7. The van der Waals surface area contributed by atoms with Gasteiger partial charge in [-0.05, 0) is 48.9 Å². The van der Waals surface area contributed by atoms with Crippen LogP contribution in [0.15, 0.2) is 36.4 Å². The minimum absolute atomic E-state index is 0.0309. The van der Waals surface area contributed by atoms with Crippen molar-refractivity contribution < 1.29 is 9.18 Å². The zero-order chi connectivity index (χ0) is 14.7. The van der Waals surface area contributed by atoms with Gasteiger partial charge in [-0.3, -0.25) is 4.79 Å². The summed E-state index contributed by atoms with van der Waals surface area (Å²) in [7, 11) is 0. The lowest BCUT2D eigenvalue weighted by Crippen LogP contribution is -2.14. The number of anilines is 1. The van der Waals surface area contributed by atoms with Crippen molar-refractivity contribution in [2.75, 3.05) is 5.32 Å². The molecular formula is C15H10ClFN2O. The zero-order valence-corrected chi connectivity index (χ0v) is 11.3. The van der Waals surface area contributed by atoms with E-state index in [1.807, 2.05) is 6.07 Å². The van der Waals surface area contributed by atoms with Gasteiger partial charge in [0.1, 0.15) is 5.82 Å². The number of amides is 1. The summed E-state index contributed by atoms with van der Waals surface area (Å²) in [5.41, 5.74) is 1.34. The van der Waals surface area contributed by atoms with Crippen LogP contribution in [0.1, 0.15) is 21.5 Å². The van der Waals surface area contributed by atoms with Crippen LogP contribution in [0, 0.1) is 24.1 Å². The zero-order valence-electron chi connectivity index (χ0n) is 10.6. The van der Waals surface area contributed by atoms with Crippen LogP contribution >= 0.6 is 11.6 Å². The lowest BCUT2D eigenvalue weighted by molar-refractivity contribution is 0.102. The number of hydrogen-bond donors (Lipinski definition) is 1. The van der Waals surface area contributed by atoms with Crippen LogP contribution in [-0.4, -0.2) is 5.91 Å². The smallest absolute Gasteiger partial charge is 0.256 e. The van der Waals surface area contributed by atoms with Crippen molar-refractivity contribution in [3.63, 3.8) is 0 Å². The van der Waals surface area contributed by atoms with Gasteiger partial charge in [-0.15, -0.1) is 0 Å². The maximum atomic E-state index is 13.7. The Morgan fingerprint density at radius 2 is 2.05 bits per heavy atom. The number of nitrogens with one attached hydrogen (secondary N) is 1. The molecule has 0 spiro atoms. The molecule has 0 aliphatic heterocycles. The first kappa shape index (κ1) is 14.0. The van der Waals surface area contributed by atoms with E-state index in [2.05, 4.69) is 5.32 Å². The van der Waals surface area contributed by atoms with E-state index in [1.54, 1.807) is 25.1 Å². The number of benzene rings is 2. The fraction of sp³-hybridized carbons (Fsp3) is 0.0667. The van der Waals surface area contributed by atoms with Gasteiger partial charge in [-0.1, -0.05) is 11.6 Å². The van der Waals surface area contributed by atoms with Gasteiger partial charge in [0.2, 0.25) is 0 Å². The summed E-state index contributed by atoms with van der Waals surface area (Å²) in [6, 6.07) is 10.5. The quantitative estimate of drug-likeness (QED) is 0.911. The number of carbonyl (C=O) groups excluding carboxylic acids is 1. The van der Waals surface area contributed by atoms with Crippen molar-refractivity contribution in [2.24, 2.45) is 0 Å². The first-order chi connectivity index (χ1) is 9.51. The lowest BCUT2D eigenvalue weighted by atomic mass is 10.1. The van der Waals surface area contributed by atoms with Gasteiger partial charge in [0.05, 0.1) is 17.3 Å². The van der Waals surface area contributed by atoms with E-state index in [1.165, 1.54) is 12.1 Å². The van der Waals surface area contributed by atoms with Crippen molar-refractivity contribution >= 4 is 23.2 Å². The van der Waals surface area contributed by atoms with E-state index < -0.39 is 11.7 Å². The first-order valence-corrected chi connectivity index (χ1v) is 6.16. The Kier molecular flexibility index (Phi) is 4.02. The molecule has 0 aliphatic rings. The molecule has 2 rings (SSSR count). The predicted octanol–water partition coefficient (Wildman–Crippen LogP) is 3.91. The van der Waals surface area contributed by atoms with Gasteiger partial charge in [0.25, 0.3) is 5.91 Å². The molecule has 2 aromatic carbocycles. The second-order valence-electron chi connectivity index (χ2n) is 4.22. The van der Waals surface area contributed by atoms with Gasteiger partial charge in [0.15, 0.2) is 0 Å². The molecule has 0 saturated heterocycles. The van der Waals surface area contributed by atoms with Crippen molar-refractivity contribution in [1.82, 2.24) is 0 Å². The predicted molar refractivity (Wildman–Crippen MR) is 75.3 cm³/mol. The Hall–Kier alpha value is -2.38. The van der Waals surface area contributed by atoms with Crippen LogP contribution in [0.2, 0.25) is 5.02 Å². The average Bonchev–Trinajstić information content (AvgIpc) is 2.40. The summed E-state index contributed by atoms with van der Waals surface area (Å²) >= 11 is 5.82. The molecule has 0 heterocycles. The SMILES string of the molecule is Cc1cc(Cl)ccc1C(=O)Nc1ccc(C#N)cc1F. The topological polar surface area (TPSA) is 52.9 Å². The molecule has 20 heavy (non-hydrogen) atoms. The van der Waals surface area contributed by atoms with E-state index in [0.717, 1.165) is 6.07 Å². The number of aryl methyl sites for hydroxylation is 1. The molecule has 1 amide bonds. The van der Waals surface area contributed by atoms with Crippen LogP contribution in [0.25, 0.3) is 0 Å². The molecule has 2 aromatic rings. The van der Waals surface area contributed by atoms with Crippen LogP contribution in [-0.2, 0) is 0 Å². The third-order valence-corrected chi connectivity index (χ3v) is 3.01. The second-order valence-corrected chi connectivity index (χ2v) is 4.66. The average molecular weight is 289 g/mol. The number of nitriles is 1. The normalized spacial score (nSPS) is 9.90. The van der Waals surface area contributed by atoms with Gasteiger partial charge >= 0.3 is 0 Å². The lowest BCUT2D eigenvalue weighted by Gasteiger charge is -2.09. The third kappa shape index (κ3) is 2.95. The highest BCUT2D eigenvalue weighted by molar-refractivity contribution is 6.30. The van der Waals surface area contributed by atoms with Gasteiger partial charge in [-0.2, -0.15) is 5.26 Å². The van der Waals surface area contributed by atoms with Crippen LogP contribution in [0.3, 0.4) is 0 Å². The molecule has 3 nitrogen and oxygen atoms in total. The Morgan fingerprint density at radius 3 is 2.65 bits per heavy atom. The molecule has 100 valence electrons. The fourth-order valence-corrected chi connectivity index (χ4v) is 1.98. The van der Waals surface area contributed by atoms with E-state index in [-0.39, 0.29) is 11.3 Å². The molecule has 0 aliphatic carbocycles. The van der Waals surface area contributed by atoms with E-state index in [9.17, 15) is 9.18 Å². The molecule has 0 aromatic heterocycles. The van der Waals surface area contributed by atoms with Crippen molar-refractivity contribution in [3.05, 3.63) is 63.9 Å². The first-order valence-electron chi connectivity index (χ1n) is 5.78. The molecule has 5 heteroatoms. The molecule has 1 N–H and O–H groups in total. The molecule has 0 radical (unpaired) electrons. The van der Waals surface area contributed by atoms with Crippen molar-refractivity contribution in [3.8, 4) is 6.07 Å². The summed E-state index contributed by atoms with van der Waals surface area (Å²) in [5.74, 6) is -1.08. The van der Waals surface area contributed by atoms with Gasteiger partial charge in [0, 0.05) is 10.6 Å². The highest BCUT2D eigenvalue weighted by atomic mass is 35.5. The van der Waals surface area contributed by atoms with Gasteiger partial charge < -0.3 is 5.32 Å². The highest BCUT2D eigenvalue weighted by Crippen LogP contribution is 2.19. The van der Waals surface area contributed by atoms with Gasteiger partial charge in [-0.25, -0.2) is 4.39 Å². The standard InChI is InChI=1S/C15H10ClFN2O/c1-9-6-11(16)3-4-12(9)15(20)19-14-5-2-10(8-18)7-13(14)17/h2-7H,1H3,(H,19,20). The van der Waals surface area contributed by atoms with Crippen LogP contribution in [0.4, 0.5) is 10.1 Å². The number of rotatable bonds is 2. The summed E-state index contributed by atoms with van der Waals surface area (Å²) in [6.07, 6.45) is 0. The Balaban J connectivity index is 2.26. The monoisotopic (exact) mass is 288 g/mol. The maximum Gasteiger partial charge on any atom is 0.256 e. The van der Waals surface area contributed by atoms with E-state index >= 15 is 0 Å². The highest BCUT2D eigenvalue weighted by Gasteiger charge is 2.12. The Labute approximate surface area is 120 Å². The molecule has 0 fully saturated rings. The molecule has 0 bridgehead atoms. The molecular weight excluding hydrogens is 279 g/mol. The minimum Gasteiger partial charge on any atom is -0.319 e. The summed E-state index contributed by atoms with van der Waals surface area (Å²) in [6.45, 7) is 1.75. The number of halogens is 2. The largest absolute Gasteiger partial charge is 0.319 e. The van der Waals surface area contributed by atoms with Crippen molar-refractivity contribution in [2.45, 2.75) is 6.92 Å².